The normalized spacial score (nSPS) is 33.8. The second-order valence-electron chi connectivity index (χ2n) is 3.87. The van der Waals surface area contributed by atoms with Gasteiger partial charge in [-0.25, -0.2) is 0 Å². The zero-order valence-corrected chi connectivity index (χ0v) is 8.31. The Morgan fingerprint density at radius 1 is 1.50 bits per heavy atom. The van der Waals surface area contributed by atoms with Crippen LogP contribution in [-0.4, -0.2) is 18.8 Å². The Bertz CT molecular complexity index is 138. The van der Waals surface area contributed by atoms with Crippen molar-refractivity contribution in [1.29, 1.82) is 0 Å². The summed E-state index contributed by atoms with van der Waals surface area (Å²) in [6, 6.07) is 0. The third-order valence-corrected chi connectivity index (χ3v) is 2.83. The molecule has 2 unspecified atom stereocenters. The molecule has 0 radical (unpaired) electrons. The molecular formula is C10H21NO. The average Bonchev–Trinajstić information content (AvgIpc) is 2.64. The van der Waals surface area contributed by atoms with Gasteiger partial charge in [0.2, 0.25) is 0 Å². The molecule has 0 spiro atoms. The Balaban J connectivity index is 2.08. The number of ether oxygens (including phenoxy) is 1. The molecule has 1 rings (SSSR count). The van der Waals surface area contributed by atoms with E-state index in [4.69, 9.17) is 10.5 Å². The fraction of sp³-hybridized carbons (Fsp3) is 1.00. The van der Waals surface area contributed by atoms with Crippen LogP contribution in [0.15, 0.2) is 0 Å². The lowest BCUT2D eigenvalue weighted by Gasteiger charge is -2.10. The quantitative estimate of drug-likeness (QED) is 0.620. The summed E-state index contributed by atoms with van der Waals surface area (Å²) in [5.74, 6) is 0.781. The zero-order valence-electron chi connectivity index (χ0n) is 8.31. The van der Waals surface area contributed by atoms with Gasteiger partial charge in [-0.05, 0) is 32.1 Å². The van der Waals surface area contributed by atoms with Crippen LogP contribution in [0.2, 0.25) is 0 Å². The van der Waals surface area contributed by atoms with Gasteiger partial charge < -0.3 is 10.5 Å². The van der Waals surface area contributed by atoms with Gasteiger partial charge in [0.05, 0.1) is 0 Å². The van der Waals surface area contributed by atoms with Gasteiger partial charge in [0, 0.05) is 18.8 Å². The molecule has 0 bridgehead atoms. The SMILES string of the molecule is CCCC1CC1(N)CCOCC. The molecule has 1 saturated carbocycles. The van der Waals surface area contributed by atoms with Gasteiger partial charge in [0.25, 0.3) is 0 Å². The minimum Gasteiger partial charge on any atom is -0.382 e. The Hall–Kier alpha value is -0.0800. The maximum Gasteiger partial charge on any atom is 0.0483 e. The average molecular weight is 171 g/mol. The fourth-order valence-corrected chi connectivity index (χ4v) is 1.85. The summed E-state index contributed by atoms with van der Waals surface area (Å²) in [7, 11) is 0. The fourth-order valence-electron chi connectivity index (χ4n) is 1.85. The van der Waals surface area contributed by atoms with E-state index in [2.05, 4.69) is 6.92 Å². The lowest BCUT2D eigenvalue weighted by atomic mass is 10.1. The molecule has 2 atom stereocenters. The maximum absolute atomic E-state index is 6.14. The molecule has 0 aromatic heterocycles. The van der Waals surface area contributed by atoms with Crippen LogP contribution in [0, 0.1) is 5.92 Å². The molecule has 2 nitrogen and oxygen atoms in total. The van der Waals surface area contributed by atoms with E-state index in [1.165, 1.54) is 19.3 Å². The van der Waals surface area contributed by atoms with Crippen molar-refractivity contribution in [3.05, 3.63) is 0 Å². The van der Waals surface area contributed by atoms with Gasteiger partial charge in [0.1, 0.15) is 0 Å². The second kappa shape index (κ2) is 4.24. The summed E-state index contributed by atoms with van der Waals surface area (Å²) >= 11 is 0. The molecule has 1 fully saturated rings. The molecule has 0 aromatic rings. The highest BCUT2D eigenvalue weighted by atomic mass is 16.5. The highest BCUT2D eigenvalue weighted by Gasteiger charge is 2.49. The molecule has 0 amide bonds. The van der Waals surface area contributed by atoms with Crippen LogP contribution in [0.1, 0.15) is 39.5 Å². The summed E-state index contributed by atoms with van der Waals surface area (Å²) in [4.78, 5) is 0. The summed E-state index contributed by atoms with van der Waals surface area (Å²) in [5.41, 5.74) is 6.28. The smallest absolute Gasteiger partial charge is 0.0483 e. The van der Waals surface area contributed by atoms with Crippen molar-refractivity contribution in [3.8, 4) is 0 Å². The molecule has 0 aromatic carbocycles. The number of rotatable bonds is 6. The summed E-state index contributed by atoms with van der Waals surface area (Å²) in [6.45, 7) is 5.91. The van der Waals surface area contributed by atoms with Crippen molar-refractivity contribution in [2.75, 3.05) is 13.2 Å². The molecular weight excluding hydrogens is 150 g/mol. The summed E-state index contributed by atoms with van der Waals surface area (Å²) in [6.07, 6.45) is 4.82. The molecule has 1 aliphatic rings. The van der Waals surface area contributed by atoms with Crippen LogP contribution in [0.3, 0.4) is 0 Å². The monoisotopic (exact) mass is 171 g/mol. The van der Waals surface area contributed by atoms with Crippen molar-refractivity contribution in [2.24, 2.45) is 11.7 Å². The Morgan fingerprint density at radius 2 is 2.25 bits per heavy atom. The molecule has 0 aliphatic heterocycles. The van der Waals surface area contributed by atoms with Crippen LogP contribution in [-0.2, 0) is 4.74 Å². The van der Waals surface area contributed by atoms with Crippen LogP contribution < -0.4 is 5.73 Å². The highest BCUT2D eigenvalue weighted by molar-refractivity contribution is 5.07. The van der Waals surface area contributed by atoms with E-state index in [0.29, 0.717) is 0 Å². The first-order valence-electron chi connectivity index (χ1n) is 5.09. The molecule has 2 N–H and O–H groups in total. The van der Waals surface area contributed by atoms with Crippen molar-refractivity contribution in [1.82, 2.24) is 0 Å². The number of nitrogens with two attached hydrogens (primary N) is 1. The van der Waals surface area contributed by atoms with E-state index in [-0.39, 0.29) is 5.54 Å². The van der Waals surface area contributed by atoms with E-state index in [9.17, 15) is 0 Å². The van der Waals surface area contributed by atoms with Crippen molar-refractivity contribution < 1.29 is 4.74 Å². The van der Waals surface area contributed by atoms with Gasteiger partial charge in [-0.1, -0.05) is 13.3 Å². The first-order chi connectivity index (χ1) is 5.73. The van der Waals surface area contributed by atoms with Gasteiger partial charge in [-0.15, -0.1) is 0 Å². The molecule has 12 heavy (non-hydrogen) atoms. The highest BCUT2D eigenvalue weighted by Crippen LogP contribution is 2.46. The van der Waals surface area contributed by atoms with Crippen LogP contribution in [0.25, 0.3) is 0 Å². The minimum atomic E-state index is 0.144. The van der Waals surface area contributed by atoms with Crippen molar-refractivity contribution in [3.63, 3.8) is 0 Å². The first kappa shape index (κ1) is 10.0. The van der Waals surface area contributed by atoms with E-state index in [1.807, 2.05) is 6.92 Å². The van der Waals surface area contributed by atoms with Crippen molar-refractivity contribution in [2.45, 2.75) is 45.1 Å². The predicted octanol–water partition coefficient (Wildman–Crippen LogP) is 1.93. The van der Waals surface area contributed by atoms with Crippen LogP contribution in [0.4, 0.5) is 0 Å². The first-order valence-corrected chi connectivity index (χ1v) is 5.09. The summed E-state index contributed by atoms with van der Waals surface area (Å²) in [5, 5.41) is 0. The second-order valence-corrected chi connectivity index (χ2v) is 3.87. The molecule has 72 valence electrons. The predicted molar refractivity (Wildman–Crippen MR) is 51.0 cm³/mol. The van der Waals surface area contributed by atoms with Gasteiger partial charge >= 0.3 is 0 Å². The third kappa shape index (κ3) is 2.46. The lowest BCUT2D eigenvalue weighted by molar-refractivity contribution is 0.136. The number of hydrogen-bond donors (Lipinski definition) is 1. The van der Waals surface area contributed by atoms with E-state index >= 15 is 0 Å². The van der Waals surface area contributed by atoms with Crippen LogP contribution in [0.5, 0.6) is 0 Å². The third-order valence-electron chi connectivity index (χ3n) is 2.83. The lowest BCUT2D eigenvalue weighted by Crippen LogP contribution is -2.26. The van der Waals surface area contributed by atoms with E-state index in [0.717, 1.165) is 25.6 Å². The largest absolute Gasteiger partial charge is 0.382 e. The zero-order chi connectivity index (χ0) is 9.03. The summed E-state index contributed by atoms with van der Waals surface area (Å²) < 4.78 is 5.30. The Kier molecular flexibility index (Phi) is 3.53. The van der Waals surface area contributed by atoms with Gasteiger partial charge in [-0.2, -0.15) is 0 Å². The van der Waals surface area contributed by atoms with E-state index < -0.39 is 0 Å². The van der Waals surface area contributed by atoms with Crippen molar-refractivity contribution >= 4 is 0 Å². The standard InChI is InChI=1S/C10H21NO/c1-3-5-9-8-10(9,11)6-7-12-4-2/h9H,3-8,11H2,1-2H3. The molecule has 1 aliphatic carbocycles. The van der Waals surface area contributed by atoms with Crippen LogP contribution >= 0.6 is 0 Å². The van der Waals surface area contributed by atoms with E-state index in [1.54, 1.807) is 0 Å². The topological polar surface area (TPSA) is 35.2 Å². The Labute approximate surface area is 75.5 Å². The minimum absolute atomic E-state index is 0.144. The Morgan fingerprint density at radius 3 is 2.83 bits per heavy atom. The maximum atomic E-state index is 6.14. The van der Waals surface area contributed by atoms with Gasteiger partial charge in [-0.3, -0.25) is 0 Å². The van der Waals surface area contributed by atoms with Gasteiger partial charge in [0.15, 0.2) is 0 Å². The molecule has 2 heteroatoms. The molecule has 0 heterocycles. The number of hydrogen-bond acceptors (Lipinski definition) is 2. The molecule has 0 saturated heterocycles.